The van der Waals surface area contributed by atoms with E-state index < -0.39 is 6.36 Å². The molecule has 0 spiro atoms. The minimum absolute atomic E-state index is 0.0492. The van der Waals surface area contributed by atoms with Crippen molar-refractivity contribution in [2.24, 2.45) is 10.1 Å². The number of hydrogen-bond donors (Lipinski definition) is 1. The molecule has 220 valence electrons. The molecule has 0 saturated carbocycles. The molecule has 0 aliphatic carbocycles. The zero-order valence-corrected chi connectivity index (χ0v) is 24.5. The third-order valence-corrected chi connectivity index (χ3v) is 7.36. The van der Waals surface area contributed by atoms with Gasteiger partial charge < -0.3 is 4.74 Å². The van der Waals surface area contributed by atoms with Crippen LogP contribution in [-0.4, -0.2) is 49.3 Å². The highest BCUT2D eigenvalue weighted by atomic mass is 32.2. The van der Waals surface area contributed by atoms with Crippen LogP contribution in [-0.2, 0) is 11.2 Å². The van der Waals surface area contributed by atoms with Gasteiger partial charge in [0, 0.05) is 5.56 Å². The Balaban J connectivity index is 1.21. The van der Waals surface area contributed by atoms with E-state index in [1.54, 1.807) is 11.1 Å². The molecule has 43 heavy (non-hydrogen) atoms. The fourth-order valence-corrected chi connectivity index (χ4v) is 5.36. The van der Waals surface area contributed by atoms with Gasteiger partial charge in [0.25, 0.3) is 0 Å². The number of thioether (sulfide) groups is 1. The van der Waals surface area contributed by atoms with Crippen LogP contribution in [0.4, 0.5) is 18.9 Å². The number of amides is 1. The highest BCUT2D eigenvalue weighted by Crippen LogP contribution is 2.33. The molecule has 1 fully saturated rings. The number of anilines is 1. The normalized spacial score (nSPS) is 14.6. The largest absolute Gasteiger partial charge is 0.573 e. The summed E-state index contributed by atoms with van der Waals surface area (Å²) in [7, 11) is 0. The molecule has 5 rings (SSSR count). The highest BCUT2D eigenvalue weighted by molar-refractivity contribution is 8.15. The van der Waals surface area contributed by atoms with Crippen LogP contribution in [0.15, 0.2) is 83.2 Å². The lowest BCUT2D eigenvalue weighted by atomic mass is 10.0. The lowest BCUT2D eigenvalue weighted by Gasteiger charge is -2.21. The van der Waals surface area contributed by atoms with Gasteiger partial charge in [-0.1, -0.05) is 61.2 Å². The van der Waals surface area contributed by atoms with Gasteiger partial charge in [-0.15, -0.1) is 18.3 Å². The molecule has 0 atom stereocenters. The maximum atomic E-state index is 12.7. The van der Waals surface area contributed by atoms with Crippen LogP contribution in [0.2, 0.25) is 0 Å². The minimum Gasteiger partial charge on any atom is -0.406 e. The Morgan fingerprint density at radius 3 is 2.58 bits per heavy atom. The molecule has 1 aliphatic heterocycles. The third-order valence-electron chi connectivity index (χ3n) is 6.26. The Kier molecular flexibility index (Phi) is 8.87. The van der Waals surface area contributed by atoms with Crippen molar-refractivity contribution >= 4 is 52.1 Å². The van der Waals surface area contributed by atoms with Gasteiger partial charge in [-0.25, -0.2) is 9.67 Å². The minimum atomic E-state index is -4.76. The number of nitrogens with one attached hydrogen (secondary N) is 1. The molecule has 0 unspecified atom stereocenters. The summed E-state index contributed by atoms with van der Waals surface area (Å²) in [6.07, 6.45) is -0.932. The molecule has 1 aromatic heterocycles. The number of amidine groups is 1. The van der Waals surface area contributed by atoms with Crippen LogP contribution >= 0.6 is 24.0 Å². The third kappa shape index (κ3) is 7.27. The van der Waals surface area contributed by atoms with E-state index in [0.717, 1.165) is 34.4 Å². The summed E-state index contributed by atoms with van der Waals surface area (Å²) in [4.78, 5) is 23.1. The molecule has 1 N–H and O–H groups in total. The second-order valence-electron chi connectivity index (χ2n) is 9.20. The van der Waals surface area contributed by atoms with Crippen molar-refractivity contribution in [2.45, 2.75) is 26.6 Å². The number of aromatic nitrogens is 3. The number of halogens is 3. The van der Waals surface area contributed by atoms with E-state index >= 15 is 0 Å². The first-order valence-corrected chi connectivity index (χ1v) is 14.3. The van der Waals surface area contributed by atoms with Crippen LogP contribution in [0.1, 0.15) is 23.6 Å². The smallest absolute Gasteiger partial charge is 0.406 e. The molecule has 1 aliphatic rings. The lowest BCUT2D eigenvalue weighted by molar-refractivity contribution is -0.274. The van der Waals surface area contributed by atoms with Gasteiger partial charge in [-0.05, 0) is 66.5 Å². The molecule has 14 heteroatoms. The number of carbonyl (C=O) groups excluding carboxylic acids is 1. The molecule has 0 radical (unpaired) electrons. The Bertz CT molecular complexity index is 1700. The van der Waals surface area contributed by atoms with Crippen molar-refractivity contribution in [1.29, 1.82) is 0 Å². The molecule has 2 heterocycles. The predicted molar refractivity (Wildman–Crippen MR) is 165 cm³/mol. The van der Waals surface area contributed by atoms with E-state index in [9.17, 15) is 18.0 Å². The number of aryl methyl sites for hydroxylation is 2. The monoisotopic (exact) mass is 623 g/mol. The van der Waals surface area contributed by atoms with Crippen molar-refractivity contribution < 1.29 is 22.7 Å². The fraction of sp³-hybridized carbons (Fsp3) is 0.172. The van der Waals surface area contributed by atoms with Crippen LogP contribution in [0.3, 0.4) is 0 Å². The molecule has 3 aromatic carbocycles. The SMILES string of the molecule is CCc1cccc(C)c1N1C(=O)CS/C1=N\C(=S)N/N=C/c1ccc(-c2ncn(-c3ccc(OC(F)(F)F)cc3)n2)cc1. The van der Waals surface area contributed by atoms with E-state index in [2.05, 4.69) is 30.3 Å². The first-order chi connectivity index (χ1) is 20.6. The van der Waals surface area contributed by atoms with E-state index in [4.69, 9.17) is 12.2 Å². The molecular weight excluding hydrogens is 599 g/mol. The van der Waals surface area contributed by atoms with Crippen LogP contribution in [0.25, 0.3) is 17.1 Å². The Hall–Kier alpha value is -4.56. The standard InChI is InChI=1S/C29H24F3N7O2S2/c1-3-20-6-4-5-18(2)25(20)39-24(40)16-43-28(39)35-27(42)36-34-15-19-7-9-21(10-8-19)26-33-17-38(37-26)22-11-13-23(14-12-22)41-29(30,31)32/h4-15,17H,3,16H2,1-2H3,(H,36,42)/b34-15+,35-28-. The number of hydrogen-bond acceptors (Lipinski definition) is 7. The summed E-state index contributed by atoms with van der Waals surface area (Å²) < 4.78 is 42.5. The Morgan fingerprint density at radius 2 is 1.88 bits per heavy atom. The maximum Gasteiger partial charge on any atom is 0.573 e. The molecule has 1 saturated heterocycles. The second-order valence-corrected chi connectivity index (χ2v) is 10.5. The topological polar surface area (TPSA) is 97.0 Å². The predicted octanol–water partition coefficient (Wildman–Crippen LogP) is 6.05. The van der Waals surface area contributed by atoms with E-state index in [1.165, 1.54) is 47.0 Å². The van der Waals surface area contributed by atoms with Gasteiger partial charge in [0.1, 0.15) is 12.1 Å². The van der Waals surface area contributed by atoms with Crippen LogP contribution < -0.4 is 15.1 Å². The Morgan fingerprint density at radius 1 is 1.14 bits per heavy atom. The lowest BCUT2D eigenvalue weighted by Crippen LogP contribution is -2.32. The van der Waals surface area contributed by atoms with Gasteiger partial charge in [0.15, 0.2) is 11.0 Å². The van der Waals surface area contributed by atoms with Gasteiger partial charge in [0.05, 0.1) is 23.3 Å². The molecule has 4 aromatic rings. The van der Waals surface area contributed by atoms with Crippen molar-refractivity contribution in [2.75, 3.05) is 10.7 Å². The molecule has 0 bridgehead atoms. The number of ether oxygens (including phenoxy) is 1. The molecule has 9 nitrogen and oxygen atoms in total. The summed E-state index contributed by atoms with van der Waals surface area (Å²) in [5.74, 6) is 0.346. The number of nitrogens with zero attached hydrogens (tertiary/aromatic N) is 6. The average Bonchev–Trinajstić information content (AvgIpc) is 3.60. The summed E-state index contributed by atoms with van der Waals surface area (Å²) in [6.45, 7) is 4.01. The van der Waals surface area contributed by atoms with Gasteiger partial charge in [-0.3, -0.25) is 15.1 Å². The van der Waals surface area contributed by atoms with Gasteiger partial charge >= 0.3 is 6.36 Å². The first-order valence-electron chi connectivity index (χ1n) is 13.0. The summed E-state index contributed by atoms with van der Waals surface area (Å²) in [5, 5.41) is 9.20. The number of aliphatic imine (C=N–C) groups is 1. The quantitative estimate of drug-likeness (QED) is 0.152. The van der Waals surface area contributed by atoms with Crippen molar-refractivity contribution in [3.05, 3.63) is 89.7 Å². The van der Waals surface area contributed by atoms with Crippen molar-refractivity contribution in [3.63, 3.8) is 0 Å². The number of hydrazone groups is 1. The maximum absolute atomic E-state index is 12.7. The van der Waals surface area contributed by atoms with Crippen LogP contribution in [0, 0.1) is 6.92 Å². The number of alkyl halides is 3. The highest BCUT2D eigenvalue weighted by Gasteiger charge is 2.32. The average molecular weight is 624 g/mol. The second kappa shape index (κ2) is 12.8. The van der Waals surface area contributed by atoms with E-state index in [-0.39, 0.29) is 22.5 Å². The number of carbonyl (C=O) groups is 1. The van der Waals surface area contributed by atoms with E-state index in [1.807, 2.05) is 56.3 Å². The number of benzene rings is 3. The summed E-state index contributed by atoms with van der Waals surface area (Å²) in [6, 6.07) is 18.5. The first kappa shape index (κ1) is 29.9. The van der Waals surface area contributed by atoms with Gasteiger partial charge in [-0.2, -0.15) is 10.1 Å². The molecule has 1 amide bonds. The fourth-order valence-electron chi connectivity index (χ4n) is 4.30. The zero-order chi connectivity index (χ0) is 30.6. The Labute approximate surface area is 254 Å². The summed E-state index contributed by atoms with van der Waals surface area (Å²) in [5.41, 5.74) is 7.64. The number of rotatable bonds is 7. The van der Waals surface area contributed by atoms with Gasteiger partial charge in [0.2, 0.25) is 11.0 Å². The van der Waals surface area contributed by atoms with Crippen molar-refractivity contribution in [3.8, 4) is 22.8 Å². The van der Waals surface area contributed by atoms with E-state index in [0.29, 0.717) is 16.7 Å². The molecular formula is C29H24F3N7O2S2. The number of thiocarbonyl (C=S) groups is 1. The number of para-hydroxylation sites is 1. The van der Waals surface area contributed by atoms with Crippen molar-refractivity contribution in [1.82, 2.24) is 20.2 Å². The zero-order valence-electron chi connectivity index (χ0n) is 22.9. The van der Waals surface area contributed by atoms with Crippen LogP contribution in [0.5, 0.6) is 5.75 Å². The summed E-state index contributed by atoms with van der Waals surface area (Å²) >= 11 is 6.69.